The first-order valence-electron chi connectivity index (χ1n) is 8.78. The topological polar surface area (TPSA) is 72.8 Å². The first-order chi connectivity index (χ1) is 12.7. The highest BCUT2D eigenvalue weighted by Gasteiger charge is 2.32. The number of fused-ring (bicyclic) bond motifs is 1. The first kappa shape index (κ1) is 19.2. The van der Waals surface area contributed by atoms with Crippen LogP contribution in [0.2, 0.25) is 5.02 Å². The number of hydrogen-bond acceptors (Lipinski definition) is 4. The van der Waals surface area contributed by atoms with Crippen LogP contribution in [0.3, 0.4) is 0 Å². The summed E-state index contributed by atoms with van der Waals surface area (Å²) in [5.74, 6) is -0.133. The summed E-state index contributed by atoms with van der Waals surface area (Å²) in [7, 11) is 0. The van der Waals surface area contributed by atoms with Crippen LogP contribution < -0.4 is 9.47 Å². The lowest BCUT2D eigenvalue weighted by atomic mass is 9.97. The van der Waals surface area contributed by atoms with Crippen LogP contribution >= 0.6 is 11.6 Å². The number of aryl methyl sites for hydroxylation is 1. The second kappa shape index (κ2) is 7.24. The van der Waals surface area contributed by atoms with Crippen LogP contribution in [0.1, 0.15) is 43.1 Å². The molecule has 0 radical (unpaired) electrons. The molecule has 1 aliphatic carbocycles. The summed E-state index contributed by atoms with van der Waals surface area (Å²) < 4.78 is 11.6. The van der Waals surface area contributed by atoms with Gasteiger partial charge in [0.05, 0.1) is 6.61 Å². The number of halogens is 1. The van der Waals surface area contributed by atoms with Gasteiger partial charge in [-0.1, -0.05) is 11.6 Å². The van der Waals surface area contributed by atoms with Crippen LogP contribution in [0.5, 0.6) is 11.5 Å². The summed E-state index contributed by atoms with van der Waals surface area (Å²) in [5, 5.41) is 9.98. The summed E-state index contributed by atoms with van der Waals surface area (Å²) >= 11 is 6.20. The van der Waals surface area contributed by atoms with Crippen molar-refractivity contribution in [3.8, 4) is 22.6 Å². The van der Waals surface area contributed by atoms with Gasteiger partial charge in [-0.15, -0.1) is 0 Å². The summed E-state index contributed by atoms with van der Waals surface area (Å²) in [6, 6.07) is 8.77. The van der Waals surface area contributed by atoms with Gasteiger partial charge in [-0.25, -0.2) is 4.79 Å². The second-order valence-corrected chi connectivity index (χ2v) is 7.36. The van der Waals surface area contributed by atoms with E-state index in [2.05, 4.69) is 0 Å². The first-order valence-corrected chi connectivity index (χ1v) is 9.16. The number of benzene rings is 2. The fourth-order valence-corrected chi connectivity index (χ4v) is 3.25. The molecular weight excluding hydrogens is 368 g/mol. The Kier molecular flexibility index (Phi) is 5.16. The molecule has 0 aromatic heterocycles. The quantitative estimate of drug-likeness (QED) is 0.771. The Morgan fingerprint density at radius 3 is 2.48 bits per heavy atom. The predicted molar refractivity (Wildman–Crippen MR) is 103 cm³/mol. The molecule has 0 amide bonds. The maximum Gasteiger partial charge on any atom is 0.347 e. The van der Waals surface area contributed by atoms with Crippen LogP contribution in [0.4, 0.5) is 0 Å². The van der Waals surface area contributed by atoms with E-state index in [1.165, 1.54) is 13.8 Å². The number of carboxylic acid groups (broad SMARTS) is 1. The van der Waals surface area contributed by atoms with Gasteiger partial charge in [0.25, 0.3) is 0 Å². The molecule has 0 aliphatic heterocycles. The second-order valence-electron chi connectivity index (χ2n) is 6.92. The molecule has 1 N–H and O–H groups in total. The normalized spacial score (nSPS) is 13.4. The van der Waals surface area contributed by atoms with Gasteiger partial charge in [0, 0.05) is 28.1 Å². The predicted octanol–water partition coefficient (Wildman–Crippen LogP) is 4.78. The minimum atomic E-state index is -1.46. The minimum absolute atomic E-state index is 0.0330. The van der Waals surface area contributed by atoms with Crippen molar-refractivity contribution in [2.24, 2.45) is 0 Å². The van der Waals surface area contributed by atoms with Crippen LogP contribution in [-0.2, 0) is 11.2 Å². The third kappa shape index (κ3) is 3.78. The SMILES string of the molecule is CCOc1ccc(Cl)cc1-c1cc2c(cc1OC(C)(C)C(=O)O)C(=O)CC2. The van der Waals surface area contributed by atoms with E-state index in [0.29, 0.717) is 52.7 Å². The molecular formula is C21H21ClO5. The average molecular weight is 389 g/mol. The molecule has 0 unspecified atom stereocenters. The minimum Gasteiger partial charge on any atom is -0.493 e. The Morgan fingerprint density at radius 2 is 1.81 bits per heavy atom. The van der Waals surface area contributed by atoms with Crippen molar-refractivity contribution in [3.05, 3.63) is 46.5 Å². The van der Waals surface area contributed by atoms with Gasteiger partial charge < -0.3 is 14.6 Å². The number of ether oxygens (including phenoxy) is 2. The number of aliphatic carboxylic acids is 1. The van der Waals surface area contributed by atoms with Gasteiger partial charge >= 0.3 is 5.97 Å². The third-order valence-electron chi connectivity index (χ3n) is 4.54. The lowest BCUT2D eigenvalue weighted by Gasteiger charge is -2.25. The number of rotatable bonds is 6. The van der Waals surface area contributed by atoms with Gasteiger partial charge in [-0.3, -0.25) is 4.79 Å². The molecule has 6 heteroatoms. The van der Waals surface area contributed by atoms with E-state index in [4.69, 9.17) is 21.1 Å². The number of hydrogen-bond donors (Lipinski definition) is 1. The molecule has 1 aliphatic rings. The van der Waals surface area contributed by atoms with Gasteiger partial charge in [0.1, 0.15) is 11.5 Å². The Labute approximate surface area is 162 Å². The van der Waals surface area contributed by atoms with E-state index in [-0.39, 0.29) is 5.78 Å². The fourth-order valence-electron chi connectivity index (χ4n) is 3.08. The molecule has 0 atom stereocenters. The molecule has 3 rings (SSSR count). The number of carbonyl (C=O) groups is 2. The maximum absolute atomic E-state index is 12.2. The van der Waals surface area contributed by atoms with E-state index >= 15 is 0 Å². The average Bonchev–Trinajstić information content (AvgIpc) is 2.96. The molecule has 0 heterocycles. The van der Waals surface area contributed by atoms with Crippen molar-refractivity contribution in [2.75, 3.05) is 6.61 Å². The molecule has 0 spiro atoms. The summed E-state index contributed by atoms with van der Waals surface area (Å²) in [6.07, 6.45) is 1.09. The number of ketones is 1. The zero-order valence-electron chi connectivity index (χ0n) is 15.5. The van der Waals surface area contributed by atoms with Crippen LogP contribution in [0.25, 0.3) is 11.1 Å². The Morgan fingerprint density at radius 1 is 1.11 bits per heavy atom. The van der Waals surface area contributed by atoms with Gasteiger partial charge in [-0.05, 0) is 63.1 Å². The van der Waals surface area contributed by atoms with E-state index < -0.39 is 11.6 Å². The zero-order valence-corrected chi connectivity index (χ0v) is 16.2. The molecule has 0 bridgehead atoms. The van der Waals surface area contributed by atoms with E-state index in [0.717, 1.165) is 5.56 Å². The number of carboxylic acids is 1. The molecule has 27 heavy (non-hydrogen) atoms. The van der Waals surface area contributed by atoms with Crippen molar-refractivity contribution < 1.29 is 24.2 Å². The highest BCUT2D eigenvalue weighted by molar-refractivity contribution is 6.31. The Balaban J connectivity index is 2.22. The molecule has 0 saturated carbocycles. The van der Waals surface area contributed by atoms with Crippen molar-refractivity contribution in [1.82, 2.24) is 0 Å². The van der Waals surface area contributed by atoms with Gasteiger partial charge in [0.2, 0.25) is 0 Å². The Hall–Kier alpha value is -2.53. The molecule has 142 valence electrons. The van der Waals surface area contributed by atoms with Crippen molar-refractivity contribution in [2.45, 2.75) is 39.2 Å². The van der Waals surface area contributed by atoms with Crippen LogP contribution in [0, 0.1) is 0 Å². The van der Waals surface area contributed by atoms with E-state index in [9.17, 15) is 14.7 Å². The Bertz CT molecular complexity index is 917. The van der Waals surface area contributed by atoms with Crippen LogP contribution in [-0.4, -0.2) is 29.1 Å². The van der Waals surface area contributed by atoms with Crippen molar-refractivity contribution in [3.63, 3.8) is 0 Å². The molecule has 5 nitrogen and oxygen atoms in total. The monoisotopic (exact) mass is 388 g/mol. The number of carbonyl (C=O) groups excluding carboxylic acids is 1. The lowest BCUT2D eigenvalue weighted by Crippen LogP contribution is -2.38. The summed E-state index contributed by atoms with van der Waals surface area (Å²) in [6.45, 7) is 5.28. The highest BCUT2D eigenvalue weighted by atomic mass is 35.5. The zero-order chi connectivity index (χ0) is 19.8. The molecule has 2 aromatic rings. The number of Topliss-reactive ketones (excluding diaryl/α,β-unsaturated/α-hetero) is 1. The summed E-state index contributed by atoms with van der Waals surface area (Å²) in [5.41, 5.74) is 1.38. The van der Waals surface area contributed by atoms with E-state index in [1.54, 1.807) is 24.3 Å². The highest BCUT2D eigenvalue weighted by Crippen LogP contribution is 2.42. The standard InChI is InChI=1S/C21H21ClO5/c1-4-26-18-8-6-13(22)10-16(18)15-9-12-5-7-17(23)14(12)11-19(15)27-21(2,3)20(24)25/h6,8-11H,4-5,7H2,1-3H3,(H,24,25). The van der Waals surface area contributed by atoms with Gasteiger partial charge in [0.15, 0.2) is 11.4 Å². The third-order valence-corrected chi connectivity index (χ3v) is 4.77. The van der Waals surface area contributed by atoms with Crippen molar-refractivity contribution in [1.29, 1.82) is 0 Å². The molecule has 0 fully saturated rings. The molecule has 2 aromatic carbocycles. The lowest BCUT2D eigenvalue weighted by molar-refractivity contribution is -0.152. The van der Waals surface area contributed by atoms with Gasteiger partial charge in [-0.2, -0.15) is 0 Å². The maximum atomic E-state index is 12.2. The molecule has 0 saturated heterocycles. The largest absolute Gasteiger partial charge is 0.493 e. The van der Waals surface area contributed by atoms with Crippen molar-refractivity contribution >= 4 is 23.4 Å². The van der Waals surface area contributed by atoms with Crippen LogP contribution in [0.15, 0.2) is 30.3 Å². The smallest absolute Gasteiger partial charge is 0.347 e. The fraction of sp³-hybridized carbons (Fsp3) is 0.333. The van der Waals surface area contributed by atoms with E-state index in [1.807, 2.05) is 13.0 Å². The summed E-state index contributed by atoms with van der Waals surface area (Å²) in [4.78, 5) is 23.7.